The van der Waals surface area contributed by atoms with Gasteiger partial charge >= 0.3 is 0 Å². The zero-order valence-electron chi connectivity index (χ0n) is 19.7. The highest BCUT2D eigenvalue weighted by Gasteiger charge is 2.13. The first-order valence-corrected chi connectivity index (χ1v) is 12.1. The van der Waals surface area contributed by atoms with Crippen LogP contribution in [0.5, 0.6) is 11.5 Å². The van der Waals surface area contributed by atoms with Gasteiger partial charge in [-0.2, -0.15) is 0 Å². The molecular weight excluding hydrogens is 424 g/mol. The van der Waals surface area contributed by atoms with Crippen molar-refractivity contribution in [1.29, 1.82) is 0 Å². The summed E-state index contributed by atoms with van der Waals surface area (Å²) in [6.07, 6.45) is 2.61. The topological polar surface area (TPSA) is 46.9 Å². The number of rotatable bonds is 9. The fourth-order valence-corrected chi connectivity index (χ4v) is 4.84. The molecule has 34 heavy (non-hydrogen) atoms. The quantitative estimate of drug-likeness (QED) is 0.370. The lowest BCUT2D eigenvalue weighted by Crippen LogP contribution is -2.25. The largest absolute Gasteiger partial charge is 0.496 e. The van der Waals surface area contributed by atoms with Gasteiger partial charge in [0.15, 0.2) is 0 Å². The highest BCUT2D eigenvalue weighted by atomic mass is 16.5. The highest BCUT2D eigenvalue weighted by molar-refractivity contribution is 5.87. The number of fused-ring (bicyclic) bond motifs is 1. The first-order valence-electron chi connectivity index (χ1n) is 12.1. The van der Waals surface area contributed by atoms with Crippen LogP contribution in [0.25, 0.3) is 22.2 Å². The number of nitrogens with zero attached hydrogens (tertiary/aromatic N) is 2. The van der Waals surface area contributed by atoms with Crippen molar-refractivity contribution in [2.45, 2.75) is 26.0 Å². The van der Waals surface area contributed by atoms with Crippen LogP contribution in [0.3, 0.4) is 0 Å². The highest BCUT2D eigenvalue weighted by Crippen LogP contribution is 2.31. The molecule has 1 saturated heterocycles. The second-order valence-electron chi connectivity index (χ2n) is 8.90. The van der Waals surface area contributed by atoms with Gasteiger partial charge in [-0.05, 0) is 79.5 Å². The maximum Gasteiger partial charge on any atom is 0.124 e. The number of aliphatic hydroxyl groups excluding tert-OH is 1. The molecule has 5 rings (SSSR count). The van der Waals surface area contributed by atoms with Crippen LogP contribution in [0, 0.1) is 0 Å². The van der Waals surface area contributed by atoms with Crippen molar-refractivity contribution >= 4 is 10.9 Å². The molecular formula is C29H32N2O3. The molecule has 5 heteroatoms. The molecule has 0 radical (unpaired) electrons. The third-order valence-electron chi connectivity index (χ3n) is 6.70. The van der Waals surface area contributed by atoms with Crippen molar-refractivity contribution in [2.75, 3.05) is 33.4 Å². The molecule has 0 amide bonds. The second-order valence-corrected chi connectivity index (χ2v) is 8.90. The summed E-state index contributed by atoms with van der Waals surface area (Å²) >= 11 is 0. The Morgan fingerprint density at radius 3 is 2.47 bits per heavy atom. The normalized spacial score (nSPS) is 14.1. The summed E-state index contributed by atoms with van der Waals surface area (Å²) in [6, 6.07) is 25.2. The van der Waals surface area contributed by atoms with E-state index < -0.39 is 0 Å². The summed E-state index contributed by atoms with van der Waals surface area (Å²) in [4.78, 5) is 2.47. The van der Waals surface area contributed by atoms with Gasteiger partial charge in [-0.3, -0.25) is 4.90 Å². The molecule has 1 aromatic heterocycles. The minimum absolute atomic E-state index is 0.0341. The maximum absolute atomic E-state index is 9.56. The summed E-state index contributed by atoms with van der Waals surface area (Å²) in [5.74, 6) is 1.63. The predicted octanol–water partition coefficient (Wildman–Crippen LogP) is 5.33. The summed E-state index contributed by atoms with van der Waals surface area (Å²) in [7, 11) is 1.64. The van der Waals surface area contributed by atoms with Crippen LogP contribution in [0.2, 0.25) is 0 Å². The monoisotopic (exact) mass is 456 g/mol. The number of aromatic nitrogens is 1. The van der Waals surface area contributed by atoms with E-state index in [0.29, 0.717) is 12.3 Å². The Morgan fingerprint density at radius 2 is 1.71 bits per heavy atom. The fraction of sp³-hybridized carbons (Fsp3) is 0.310. The van der Waals surface area contributed by atoms with Gasteiger partial charge in [-0.25, -0.2) is 0 Å². The summed E-state index contributed by atoms with van der Waals surface area (Å²) in [5.41, 5.74) is 5.42. The van der Waals surface area contributed by atoms with Crippen molar-refractivity contribution in [1.82, 2.24) is 9.47 Å². The molecule has 0 unspecified atom stereocenters. The third kappa shape index (κ3) is 4.81. The molecule has 1 fully saturated rings. The van der Waals surface area contributed by atoms with E-state index in [1.54, 1.807) is 7.11 Å². The molecule has 4 aromatic rings. The Kier molecular flexibility index (Phi) is 6.84. The number of aliphatic hydroxyl groups is 1. The molecule has 5 nitrogen and oxygen atoms in total. The van der Waals surface area contributed by atoms with E-state index in [1.807, 2.05) is 12.1 Å². The standard InChI is InChI=1S/C29H32N2O3/c1-33-29-18-22(8-9-25(29)21-32)20-31-27-7-3-2-6-24(27)19-28(31)23-10-12-26(13-11-23)34-17-16-30-14-4-5-15-30/h2-3,6-13,18-19,32H,4-5,14-17,20-21H2,1H3. The van der Waals surface area contributed by atoms with Crippen LogP contribution >= 0.6 is 0 Å². The molecule has 3 aromatic carbocycles. The number of likely N-dealkylation sites (tertiary alicyclic amines) is 1. The first kappa shape index (κ1) is 22.5. The van der Waals surface area contributed by atoms with Crippen molar-refractivity contribution in [3.8, 4) is 22.8 Å². The van der Waals surface area contributed by atoms with Crippen LogP contribution in [0.4, 0.5) is 0 Å². The van der Waals surface area contributed by atoms with Crippen LogP contribution in [-0.2, 0) is 13.2 Å². The number of para-hydroxylation sites is 1. The molecule has 1 aliphatic rings. The predicted molar refractivity (Wildman–Crippen MR) is 137 cm³/mol. The summed E-state index contributed by atoms with van der Waals surface area (Å²) in [5, 5.41) is 10.8. The Labute approximate surface area is 201 Å². The summed E-state index contributed by atoms with van der Waals surface area (Å²) in [6.45, 7) is 4.79. The van der Waals surface area contributed by atoms with Crippen molar-refractivity contribution < 1.29 is 14.6 Å². The molecule has 1 N–H and O–H groups in total. The lowest BCUT2D eigenvalue weighted by molar-refractivity contribution is 0.238. The van der Waals surface area contributed by atoms with Crippen LogP contribution in [-0.4, -0.2) is 47.9 Å². The van der Waals surface area contributed by atoms with Gasteiger partial charge in [0.05, 0.1) is 13.7 Å². The van der Waals surface area contributed by atoms with Crippen LogP contribution in [0.15, 0.2) is 72.8 Å². The molecule has 176 valence electrons. The van der Waals surface area contributed by atoms with Gasteiger partial charge in [0, 0.05) is 35.2 Å². The van der Waals surface area contributed by atoms with Gasteiger partial charge in [-0.1, -0.05) is 30.3 Å². The minimum atomic E-state index is -0.0341. The molecule has 0 bridgehead atoms. The smallest absolute Gasteiger partial charge is 0.124 e. The van der Waals surface area contributed by atoms with Gasteiger partial charge in [0.2, 0.25) is 0 Å². The van der Waals surface area contributed by atoms with Crippen LogP contribution in [0.1, 0.15) is 24.0 Å². The lowest BCUT2D eigenvalue weighted by Gasteiger charge is -2.15. The second kappa shape index (κ2) is 10.3. The Morgan fingerprint density at radius 1 is 0.912 bits per heavy atom. The fourth-order valence-electron chi connectivity index (χ4n) is 4.84. The van der Waals surface area contributed by atoms with Crippen molar-refractivity contribution in [3.63, 3.8) is 0 Å². The third-order valence-corrected chi connectivity index (χ3v) is 6.70. The number of methoxy groups -OCH3 is 1. The van der Waals surface area contributed by atoms with Crippen molar-refractivity contribution in [3.05, 3.63) is 83.9 Å². The van der Waals surface area contributed by atoms with E-state index in [0.717, 1.165) is 41.3 Å². The zero-order valence-corrected chi connectivity index (χ0v) is 19.7. The van der Waals surface area contributed by atoms with E-state index in [1.165, 1.54) is 36.8 Å². The van der Waals surface area contributed by atoms with Crippen molar-refractivity contribution in [2.24, 2.45) is 0 Å². The summed E-state index contributed by atoms with van der Waals surface area (Å²) < 4.78 is 13.8. The van der Waals surface area contributed by atoms with Gasteiger partial charge in [-0.15, -0.1) is 0 Å². The molecule has 2 heterocycles. The Hall–Kier alpha value is -3.28. The number of benzene rings is 3. The molecule has 0 atom stereocenters. The Bertz CT molecular complexity index is 1240. The zero-order chi connectivity index (χ0) is 23.3. The average Bonchev–Trinajstić information content (AvgIpc) is 3.53. The van der Waals surface area contributed by atoms with E-state index in [9.17, 15) is 5.11 Å². The van der Waals surface area contributed by atoms with Crippen LogP contribution < -0.4 is 9.47 Å². The number of hydrogen-bond acceptors (Lipinski definition) is 4. The van der Waals surface area contributed by atoms with E-state index in [4.69, 9.17) is 9.47 Å². The number of hydrogen-bond donors (Lipinski definition) is 1. The van der Waals surface area contributed by atoms with Gasteiger partial charge < -0.3 is 19.1 Å². The maximum atomic E-state index is 9.56. The molecule has 0 saturated carbocycles. The lowest BCUT2D eigenvalue weighted by atomic mass is 10.1. The minimum Gasteiger partial charge on any atom is -0.496 e. The number of ether oxygens (including phenoxy) is 2. The molecule has 1 aliphatic heterocycles. The van der Waals surface area contributed by atoms with E-state index in [2.05, 4.69) is 70.1 Å². The first-order chi connectivity index (χ1) is 16.7. The molecule has 0 spiro atoms. The Balaban J connectivity index is 1.39. The van der Waals surface area contributed by atoms with E-state index in [-0.39, 0.29) is 6.61 Å². The average molecular weight is 457 g/mol. The van der Waals surface area contributed by atoms with Gasteiger partial charge in [0.1, 0.15) is 18.1 Å². The SMILES string of the molecule is COc1cc(Cn2c(-c3ccc(OCCN4CCCC4)cc3)cc3ccccc32)ccc1CO. The van der Waals surface area contributed by atoms with Gasteiger partial charge in [0.25, 0.3) is 0 Å². The van der Waals surface area contributed by atoms with E-state index >= 15 is 0 Å². The molecule has 0 aliphatic carbocycles.